The van der Waals surface area contributed by atoms with E-state index in [-0.39, 0.29) is 0 Å². The molecule has 0 aliphatic carbocycles. The molecule has 0 spiro atoms. The standard InChI is InChI=1S/C19H16N4O/c1-2-6-14(7-3-1)12-24-17-9-5-4-8-16(17)23-19-15-10-11-20-18(15)21-13-22-19/h1-11,13H,12H2,(H2,20,21,22,23). The molecule has 0 saturated heterocycles. The molecule has 0 atom stereocenters. The van der Waals surface area contributed by atoms with Crippen molar-refractivity contribution in [1.82, 2.24) is 15.0 Å². The number of ether oxygens (including phenoxy) is 1. The number of nitrogens with zero attached hydrogens (tertiary/aromatic N) is 2. The van der Waals surface area contributed by atoms with Crippen molar-refractivity contribution in [2.45, 2.75) is 6.61 Å². The van der Waals surface area contributed by atoms with Gasteiger partial charge in [-0.1, -0.05) is 42.5 Å². The highest BCUT2D eigenvalue weighted by molar-refractivity contribution is 5.89. The van der Waals surface area contributed by atoms with Crippen LogP contribution in [-0.4, -0.2) is 15.0 Å². The van der Waals surface area contributed by atoms with E-state index in [1.54, 1.807) is 0 Å². The van der Waals surface area contributed by atoms with E-state index in [4.69, 9.17) is 4.74 Å². The summed E-state index contributed by atoms with van der Waals surface area (Å²) < 4.78 is 5.98. The van der Waals surface area contributed by atoms with Gasteiger partial charge in [0.1, 0.15) is 30.1 Å². The van der Waals surface area contributed by atoms with E-state index >= 15 is 0 Å². The van der Waals surface area contributed by atoms with E-state index < -0.39 is 0 Å². The summed E-state index contributed by atoms with van der Waals surface area (Å²) in [6.07, 6.45) is 3.39. The maximum absolute atomic E-state index is 5.98. The van der Waals surface area contributed by atoms with E-state index in [0.29, 0.717) is 6.61 Å². The number of fused-ring (bicyclic) bond motifs is 1. The molecule has 0 aliphatic heterocycles. The highest BCUT2D eigenvalue weighted by Crippen LogP contribution is 2.29. The lowest BCUT2D eigenvalue weighted by atomic mass is 10.2. The van der Waals surface area contributed by atoms with Crippen molar-refractivity contribution in [2.75, 3.05) is 5.32 Å². The molecule has 5 nitrogen and oxygen atoms in total. The third-order valence-electron chi connectivity index (χ3n) is 3.73. The Hall–Kier alpha value is -3.34. The lowest BCUT2D eigenvalue weighted by Gasteiger charge is -2.13. The summed E-state index contributed by atoms with van der Waals surface area (Å²) in [5.74, 6) is 1.53. The van der Waals surface area contributed by atoms with Crippen LogP contribution in [0.3, 0.4) is 0 Å². The Morgan fingerprint density at radius 1 is 0.917 bits per heavy atom. The van der Waals surface area contributed by atoms with Crippen LogP contribution in [0.1, 0.15) is 5.56 Å². The number of rotatable bonds is 5. The minimum atomic E-state index is 0.517. The van der Waals surface area contributed by atoms with Crippen LogP contribution in [0.25, 0.3) is 11.0 Å². The highest BCUT2D eigenvalue weighted by Gasteiger charge is 2.08. The van der Waals surface area contributed by atoms with Crippen LogP contribution in [0.2, 0.25) is 0 Å². The quantitative estimate of drug-likeness (QED) is 0.577. The van der Waals surface area contributed by atoms with Gasteiger partial charge in [0.25, 0.3) is 0 Å². The largest absolute Gasteiger partial charge is 0.487 e. The second kappa shape index (κ2) is 6.42. The van der Waals surface area contributed by atoms with Crippen LogP contribution in [-0.2, 0) is 6.61 Å². The molecule has 0 radical (unpaired) electrons. The molecule has 118 valence electrons. The van der Waals surface area contributed by atoms with Crippen LogP contribution in [0.5, 0.6) is 5.75 Å². The van der Waals surface area contributed by atoms with Crippen molar-refractivity contribution in [3.63, 3.8) is 0 Å². The molecule has 2 aromatic heterocycles. The molecule has 0 aliphatic rings. The molecule has 0 saturated carbocycles. The van der Waals surface area contributed by atoms with Gasteiger partial charge in [-0.15, -0.1) is 0 Å². The van der Waals surface area contributed by atoms with Crippen LogP contribution < -0.4 is 10.1 Å². The second-order valence-electron chi connectivity index (χ2n) is 5.36. The van der Waals surface area contributed by atoms with Gasteiger partial charge in [-0.05, 0) is 23.8 Å². The summed E-state index contributed by atoms with van der Waals surface area (Å²) >= 11 is 0. The summed E-state index contributed by atoms with van der Waals surface area (Å²) in [4.78, 5) is 11.6. The Kier molecular flexibility index (Phi) is 3.81. The number of benzene rings is 2. The normalized spacial score (nSPS) is 10.7. The number of hydrogen-bond acceptors (Lipinski definition) is 4. The summed E-state index contributed by atoms with van der Waals surface area (Å²) in [7, 11) is 0. The Bertz CT molecular complexity index is 950. The predicted molar refractivity (Wildman–Crippen MR) is 94.4 cm³/mol. The zero-order chi connectivity index (χ0) is 16.2. The summed E-state index contributed by atoms with van der Waals surface area (Å²) in [5.41, 5.74) is 2.80. The molecule has 0 bridgehead atoms. The number of anilines is 2. The van der Waals surface area contributed by atoms with E-state index in [0.717, 1.165) is 33.9 Å². The lowest BCUT2D eigenvalue weighted by Crippen LogP contribution is -2.00. The first-order valence-electron chi connectivity index (χ1n) is 7.71. The Balaban J connectivity index is 1.58. The van der Waals surface area contributed by atoms with Crippen molar-refractivity contribution >= 4 is 22.5 Å². The van der Waals surface area contributed by atoms with Crippen molar-refractivity contribution in [1.29, 1.82) is 0 Å². The molecule has 2 N–H and O–H groups in total. The number of para-hydroxylation sites is 2. The fraction of sp³-hybridized carbons (Fsp3) is 0.0526. The Labute approximate surface area is 139 Å². The zero-order valence-electron chi connectivity index (χ0n) is 12.9. The number of aromatic nitrogens is 3. The van der Waals surface area contributed by atoms with Gasteiger partial charge in [0, 0.05) is 6.20 Å². The van der Waals surface area contributed by atoms with Crippen molar-refractivity contribution in [3.8, 4) is 5.75 Å². The molecule has 24 heavy (non-hydrogen) atoms. The molecule has 4 aromatic rings. The van der Waals surface area contributed by atoms with Gasteiger partial charge < -0.3 is 15.0 Å². The molecule has 0 unspecified atom stereocenters. The van der Waals surface area contributed by atoms with Gasteiger partial charge in [-0.3, -0.25) is 0 Å². The first-order chi connectivity index (χ1) is 11.9. The maximum atomic E-state index is 5.98. The van der Waals surface area contributed by atoms with Gasteiger partial charge >= 0.3 is 0 Å². The monoisotopic (exact) mass is 316 g/mol. The first kappa shape index (κ1) is 14.3. The van der Waals surface area contributed by atoms with Crippen molar-refractivity contribution in [3.05, 3.63) is 78.8 Å². The molecule has 4 rings (SSSR count). The van der Waals surface area contributed by atoms with Crippen molar-refractivity contribution in [2.24, 2.45) is 0 Å². The molecule has 2 heterocycles. The number of nitrogens with one attached hydrogen (secondary N) is 2. The third-order valence-corrected chi connectivity index (χ3v) is 3.73. The van der Waals surface area contributed by atoms with Gasteiger partial charge in [-0.2, -0.15) is 0 Å². The molecular weight excluding hydrogens is 300 g/mol. The van der Waals surface area contributed by atoms with Crippen LogP contribution in [0.15, 0.2) is 73.2 Å². The summed E-state index contributed by atoms with van der Waals surface area (Å²) in [6, 6.07) is 19.9. The fourth-order valence-electron chi connectivity index (χ4n) is 2.53. The Morgan fingerprint density at radius 2 is 1.75 bits per heavy atom. The minimum Gasteiger partial charge on any atom is -0.487 e. The lowest BCUT2D eigenvalue weighted by molar-refractivity contribution is 0.308. The van der Waals surface area contributed by atoms with Gasteiger partial charge in [0.15, 0.2) is 0 Å². The second-order valence-corrected chi connectivity index (χ2v) is 5.36. The minimum absolute atomic E-state index is 0.517. The average Bonchev–Trinajstić information content (AvgIpc) is 3.12. The SMILES string of the molecule is c1ccc(COc2ccccc2Nc2ncnc3[nH]ccc23)cc1. The summed E-state index contributed by atoms with van der Waals surface area (Å²) in [6.45, 7) is 0.517. The number of H-pyrrole nitrogens is 1. The van der Waals surface area contributed by atoms with E-state index in [9.17, 15) is 0 Å². The Morgan fingerprint density at radius 3 is 2.67 bits per heavy atom. The number of hydrogen-bond donors (Lipinski definition) is 2. The van der Waals surface area contributed by atoms with Gasteiger partial charge in [-0.25, -0.2) is 9.97 Å². The molecule has 5 heteroatoms. The number of aromatic amines is 1. The predicted octanol–water partition coefficient (Wildman–Crippen LogP) is 4.28. The molecular formula is C19H16N4O. The average molecular weight is 316 g/mol. The van der Waals surface area contributed by atoms with E-state index in [2.05, 4.69) is 20.3 Å². The third kappa shape index (κ3) is 2.92. The maximum Gasteiger partial charge on any atom is 0.143 e. The van der Waals surface area contributed by atoms with Gasteiger partial charge in [0.2, 0.25) is 0 Å². The molecule has 0 amide bonds. The first-order valence-corrected chi connectivity index (χ1v) is 7.71. The molecule has 0 fully saturated rings. The van der Waals surface area contributed by atoms with E-state index in [1.807, 2.05) is 66.9 Å². The van der Waals surface area contributed by atoms with Crippen LogP contribution in [0.4, 0.5) is 11.5 Å². The van der Waals surface area contributed by atoms with Crippen LogP contribution >= 0.6 is 0 Å². The summed E-state index contributed by atoms with van der Waals surface area (Å²) in [5, 5.41) is 4.28. The fourth-order valence-corrected chi connectivity index (χ4v) is 2.53. The van der Waals surface area contributed by atoms with Crippen molar-refractivity contribution < 1.29 is 4.74 Å². The van der Waals surface area contributed by atoms with E-state index in [1.165, 1.54) is 6.33 Å². The highest BCUT2D eigenvalue weighted by atomic mass is 16.5. The zero-order valence-corrected chi connectivity index (χ0v) is 12.9. The van der Waals surface area contributed by atoms with Gasteiger partial charge in [0.05, 0.1) is 11.1 Å². The van der Waals surface area contributed by atoms with Crippen LogP contribution in [0, 0.1) is 0 Å². The topological polar surface area (TPSA) is 62.8 Å². The molecule has 2 aromatic carbocycles. The smallest absolute Gasteiger partial charge is 0.143 e.